The van der Waals surface area contributed by atoms with Crippen LogP contribution in [0.3, 0.4) is 0 Å². The topological polar surface area (TPSA) is 54.2 Å². The molecule has 0 atom stereocenters. The molecule has 136 valence electrons. The molecule has 5 nitrogen and oxygen atoms in total. The van der Waals surface area contributed by atoms with Gasteiger partial charge in [0.25, 0.3) is 0 Å². The molecule has 0 bridgehead atoms. The molecule has 0 amide bonds. The van der Waals surface area contributed by atoms with E-state index in [9.17, 15) is 13.2 Å². The normalized spacial score (nSPS) is 10.9. The maximum atomic E-state index is 12.8. The Hall–Kier alpha value is -3.31. The molecule has 1 heterocycles. The molecule has 0 spiro atoms. The molecular weight excluding hydrogens is 379 g/mol. The quantitative estimate of drug-likeness (QED) is 0.522. The van der Waals surface area contributed by atoms with Gasteiger partial charge in [-0.1, -0.05) is 29.8 Å². The van der Waals surface area contributed by atoms with E-state index in [1.165, 1.54) is 18.3 Å². The molecule has 3 rings (SSSR count). The number of anilines is 4. The van der Waals surface area contributed by atoms with E-state index in [1.54, 1.807) is 24.3 Å². The molecule has 0 radical (unpaired) electrons. The first kappa shape index (κ1) is 18.5. The van der Waals surface area contributed by atoms with Gasteiger partial charge in [0.15, 0.2) is 11.5 Å². The summed E-state index contributed by atoms with van der Waals surface area (Å²) in [6.45, 7) is 6.93. The second-order valence-electron chi connectivity index (χ2n) is 5.38. The summed E-state index contributed by atoms with van der Waals surface area (Å²) in [5.74, 6) is 0.357. The smallest absolute Gasteiger partial charge is 0.339 e. The van der Waals surface area contributed by atoms with Crippen molar-refractivity contribution >= 4 is 40.4 Å². The van der Waals surface area contributed by atoms with Gasteiger partial charge in [0.2, 0.25) is 5.95 Å². The molecule has 0 saturated heterocycles. The van der Waals surface area contributed by atoms with Crippen LogP contribution >= 0.6 is 11.6 Å². The lowest BCUT2D eigenvalue weighted by molar-refractivity contribution is -0.137. The summed E-state index contributed by atoms with van der Waals surface area (Å²) in [4.78, 5) is 11.5. The predicted molar refractivity (Wildman–Crippen MR) is 97.8 cm³/mol. The fourth-order valence-corrected chi connectivity index (χ4v) is 2.31. The SMILES string of the molecule is [C-]#[N+]c1ccc(Nc2ncc(Cl)c(Nc3cccc(C(F)(F)F)c3)n2)cc1. The van der Waals surface area contributed by atoms with Crippen LogP contribution in [-0.2, 0) is 6.18 Å². The standard InChI is InChI=1S/C18H11ClF3N5/c1-23-12-5-7-13(8-6-12)26-17-24-10-15(19)16(27-17)25-14-4-2-3-11(9-14)18(20,21)22/h2-10H,(H2,24,25,26,27). The van der Waals surface area contributed by atoms with E-state index in [4.69, 9.17) is 18.2 Å². The Bertz CT molecular complexity index is 997. The van der Waals surface area contributed by atoms with Gasteiger partial charge in [-0.2, -0.15) is 18.2 Å². The average molecular weight is 390 g/mol. The molecule has 2 aromatic carbocycles. The van der Waals surface area contributed by atoms with Crippen molar-refractivity contribution < 1.29 is 13.2 Å². The average Bonchev–Trinajstić information content (AvgIpc) is 2.65. The van der Waals surface area contributed by atoms with E-state index in [0.717, 1.165) is 12.1 Å². The highest BCUT2D eigenvalue weighted by atomic mass is 35.5. The zero-order valence-corrected chi connectivity index (χ0v) is 14.3. The van der Waals surface area contributed by atoms with Gasteiger partial charge in [-0.15, -0.1) is 0 Å². The minimum absolute atomic E-state index is 0.154. The summed E-state index contributed by atoms with van der Waals surface area (Å²) in [5, 5.41) is 5.86. The molecular formula is C18H11ClF3N5. The van der Waals surface area contributed by atoms with Crippen LogP contribution in [0.25, 0.3) is 4.85 Å². The zero-order chi connectivity index (χ0) is 19.4. The Morgan fingerprint density at radius 1 is 1.00 bits per heavy atom. The fraction of sp³-hybridized carbons (Fsp3) is 0.0556. The van der Waals surface area contributed by atoms with Gasteiger partial charge in [-0.3, -0.25) is 0 Å². The highest BCUT2D eigenvalue weighted by Gasteiger charge is 2.30. The van der Waals surface area contributed by atoms with Crippen molar-refractivity contribution in [2.24, 2.45) is 0 Å². The number of hydrogen-bond donors (Lipinski definition) is 2. The van der Waals surface area contributed by atoms with Crippen molar-refractivity contribution in [3.05, 3.63) is 76.7 Å². The van der Waals surface area contributed by atoms with E-state index in [0.29, 0.717) is 11.4 Å². The Kier molecular flexibility index (Phi) is 5.14. The van der Waals surface area contributed by atoms with Crippen molar-refractivity contribution in [3.63, 3.8) is 0 Å². The molecule has 0 unspecified atom stereocenters. The second kappa shape index (κ2) is 7.51. The van der Waals surface area contributed by atoms with Crippen LogP contribution in [0.4, 0.5) is 42.0 Å². The first-order valence-corrected chi connectivity index (χ1v) is 7.94. The van der Waals surface area contributed by atoms with Crippen LogP contribution < -0.4 is 10.6 Å². The number of rotatable bonds is 4. The summed E-state index contributed by atoms with van der Waals surface area (Å²) in [6, 6.07) is 11.3. The van der Waals surface area contributed by atoms with E-state index >= 15 is 0 Å². The van der Waals surface area contributed by atoms with Gasteiger partial charge in [0, 0.05) is 11.4 Å². The van der Waals surface area contributed by atoms with Crippen molar-refractivity contribution in [3.8, 4) is 0 Å². The predicted octanol–water partition coefficient (Wildman–Crippen LogP) is 6.19. The van der Waals surface area contributed by atoms with Crippen LogP contribution in [0.2, 0.25) is 5.02 Å². The van der Waals surface area contributed by atoms with Gasteiger partial charge >= 0.3 is 6.18 Å². The Balaban J connectivity index is 1.82. The van der Waals surface area contributed by atoms with E-state index < -0.39 is 11.7 Å². The monoisotopic (exact) mass is 389 g/mol. The minimum Gasteiger partial charge on any atom is -0.339 e. The number of aromatic nitrogens is 2. The lowest BCUT2D eigenvalue weighted by Crippen LogP contribution is -2.06. The molecule has 27 heavy (non-hydrogen) atoms. The summed E-state index contributed by atoms with van der Waals surface area (Å²) in [7, 11) is 0. The van der Waals surface area contributed by atoms with E-state index in [-0.39, 0.29) is 22.5 Å². The van der Waals surface area contributed by atoms with E-state index in [1.807, 2.05) is 0 Å². The van der Waals surface area contributed by atoms with Gasteiger partial charge in [-0.25, -0.2) is 9.83 Å². The number of hydrogen-bond acceptors (Lipinski definition) is 4. The van der Waals surface area contributed by atoms with Crippen LogP contribution in [-0.4, -0.2) is 9.97 Å². The van der Waals surface area contributed by atoms with Gasteiger partial charge in [-0.05, 0) is 30.3 Å². The van der Waals surface area contributed by atoms with Gasteiger partial charge in [0.1, 0.15) is 5.02 Å². The molecule has 0 aliphatic rings. The minimum atomic E-state index is -4.45. The first-order valence-electron chi connectivity index (χ1n) is 7.56. The first-order chi connectivity index (χ1) is 12.8. The van der Waals surface area contributed by atoms with E-state index in [2.05, 4.69) is 25.4 Å². The van der Waals surface area contributed by atoms with Crippen LogP contribution in [0.5, 0.6) is 0 Å². The van der Waals surface area contributed by atoms with Gasteiger partial charge in [0.05, 0.1) is 18.3 Å². The third-order valence-electron chi connectivity index (χ3n) is 3.45. The third-order valence-corrected chi connectivity index (χ3v) is 3.73. The number of halogens is 4. The molecule has 9 heteroatoms. The summed E-state index contributed by atoms with van der Waals surface area (Å²) in [5.41, 5.74) is 0.549. The fourth-order valence-electron chi connectivity index (χ4n) is 2.17. The van der Waals surface area contributed by atoms with Crippen LogP contribution in [0.1, 0.15) is 5.56 Å². The summed E-state index contributed by atoms with van der Waals surface area (Å²) < 4.78 is 38.5. The number of alkyl halides is 3. The van der Waals surface area contributed by atoms with Crippen molar-refractivity contribution in [1.82, 2.24) is 9.97 Å². The Labute approximate surface area is 157 Å². The second-order valence-corrected chi connectivity index (χ2v) is 5.78. The molecule has 0 fully saturated rings. The van der Waals surface area contributed by atoms with Gasteiger partial charge < -0.3 is 10.6 Å². The highest BCUT2D eigenvalue weighted by molar-refractivity contribution is 6.32. The number of nitrogens with one attached hydrogen (secondary N) is 2. The van der Waals surface area contributed by atoms with Crippen molar-refractivity contribution in [2.75, 3.05) is 10.6 Å². The zero-order valence-electron chi connectivity index (χ0n) is 13.5. The Morgan fingerprint density at radius 3 is 2.41 bits per heavy atom. The molecule has 3 aromatic rings. The van der Waals surface area contributed by atoms with Crippen molar-refractivity contribution in [1.29, 1.82) is 0 Å². The summed E-state index contributed by atoms with van der Waals surface area (Å²) in [6.07, 6.45) is -3.11. The summed E-state index contributed by atoms with van der Waals surface area (Å²) >= 11 is 6.05. The maximum absolute atomic E-state index is 12.8. The molecule has 2 N–H and O–H groups in total. The lowest BCUT2D eigenvalue weighted by Gasteiger charge is -2.12. The molecule has 0 saturated carbocycles. The van der Waals surface area contributed by atoms with Crippen LogP contribution in [0, 0.1) is 6.57 Å². The van der Waals surface area contributed by atoms with Crippen molar-refractivity contribution in [2.45, 2.75) is 6.18 Å². The lowest BCUT2D eigenvalue weighted by atomic mass is 10.2. The number of benzene rings is 2. The molecule has 0 aliphatic heterocycles. The molecule has 0 aliphatic carbocycles. The Morgan fingerprint density at radius 2 is 1.74 bits per heavy atom. The third kappa shape index (κ3) is 4.65. The highest BCUT2D eigenvalue weighted by Crippen LogP contribution is 2.32. The van der Waals surface area contributed by atoms with Crippen LogP contribution in [0.15, 0.2) is 54.7 Å². The molecule has 1 aromatic heterocycles. The largest absolute Gasteiger partial charge is 0.416 e. The number of nitrogens with zero attached hydrogens (tertiary/aromatic N) is 3. The maximum Gasteiger partial charge on any atom is 0.416 e.